The third kappa shape index (κ3) is 2.08. The van der Waals surface area contributed by atoms with Crippen molar-refractivity contribution in [3.63, 3.8) is 0 Å². The Bertz CT molecular complexity index is 300. The zero-order valence-corrected chi connectivity index (χ0v) is 7.20. The van der Waals surface area contributed by atoms with Gasteiger partial charge in [-0.15, -0.1) is 0 Å². The molecule has 70 valence electrons. The molecule has 0 N–H and O–H groups in total. The number of rotatable bonds is 2. The summed E-state index contributed by atoms with van der Waals surface area (Å²) in [6.45, 7) is 0. The molecule has 0 radical (unpaired) electrons. The molecule has 0 aromatic rings. The zero-order chi connectivity index (χ0) is 9.84. The summed E-state index contributed by atoms with van der Waals surface area (Å²) in [5, 5.41) is 0. The molecule has 0 spiro atoms. The first-order valence-electron chi connectivity index (χ1n) is 3.45. The third-order valence-corrected chi connectivity index (χ3v) is 1.37. The summed E-state index contributed by atoms with van der Waals surface area (Å²) in [6, 6.07) is 0. The maximum absolute atomic E-state index is 10.8. The number of hydrogen-bond acceptors (Lipinski definition) is 5. The number of esters is 2. The second-order valence-electron chi connectivity index (χ2n) is 2.17. The average molecular weight is 184 g/mol. The predicted molar refractivity (Wildman–Crippen MR) is 41.3 cm³/mol. The van der Waals surface area contributed by atoms with E-state index in [1.165, 1.54) is 14.2 Å². The fourth-order valence-corrected chi connectivity index (χ4v) is 0.792. The minimum absolute atomic E-state index is 0.0688. The maximum atomic E-state index is 10.8. The van der Waals surface area contributed by atoms with Crippen molar-refractivity contribution in [2.75, 3.05) is 14.2 Å². The lowest BCUT2D eigenvalue weighted by atomic mass is 10.4. The maximum Gasteiger partial charge on any atom is 0.340 e. The second kappa shape index (κ2) is 3.75. The molecule has 13 heavy (non-hydrogen) atoms. The van der Waals surface area contributed by atoms with Gasteiger partial charge >= 0.3 is 11.9 Å². The Hall–Kier alpha value is -1.78. The van der Waals surface area contributed by atoms with E-state index < -0.39 is 11.9 Å². The van der Waals surface area contributed by atoms with Crippen LogP contribution in [0, 0.1) is 0 Å². The van der Waals surface area contributed by atoms with Gasteiger partial charge in [0.2, 0.25) is 0 Å². The molecule has 0 aromatic carbocycles. The van der Waals surface area contributed by atoms with Crippen molar-refractivity contribution in [2.45, 2.75) is 0 Å². The van der Waals surface area contributed by atoms with Crippen LogP contribution in [0.3, 0.4) is 0 Å². The van der Waals surface area contributed by atoms with Crippen LogP contribution >= 0.6 is 0 Å². The Kier molecular flexibility index (Phi) is 2.69. The third-order valence-electron chi connectivity index (χ3n) is 1.37. The van der Waals surface area contributed by atoms with Gasteiger partial charge in [-0.2, -0.15) is 0 Å². The standard InChI is InChI=1S/C8H8O5/c1-11-5-3-8(10)13-6(5)4-7(9)12-2/h3-4H,1-2H3/b6-4-. The van der Waals surface area contributed by atoms with Crippen LogP contribution in [-0.4, -0.2) is 26.2 Å². The minimum atomic E-state index is -0.604. The highest BCUT2D eigenvalue weighted by molar-refractivity contribution is 5.91. The van der Waals surface area contributed by atoms with Gasteiger partial charge in [-0.3, -0.25) is 0 Å². The monoisotopic (exact) mass is 184 g/mol. The van der Waals surface area contributed by atoms with Crippen molar-refractivity contribution < 1.29 is 23.8 Å². The van der Waals surface area contributed by atoms with Gasteiger partial charge in [-0.05, 0) is 0 Å². The number of methoxy groups -OCH3 is 2. The number of carbonyl (C=O) groups is 2. The zero-order valence-electron chi connectivity index (χ0n) is 7.20. The Morgan fingerprint density at radius 1 is 1.54 bits per heavy atom. The highest BCUT2D eigenvalue weighted by Crippen LogP contribution is 2.19. The molecular formula is C8H8O5. The van der Waals surface area contributed by atoms with E-state index in [9.17, 15) is 9.59 Å². The van der Waals surface area contributed by atoms with Gasteiger partial charge in [0.25, 0.3) is 0 Å². The van der Waals surface area contributed by atoms with Gasteiger partial charge in [0, 0.05) is 0 Å². The summed E-state index contributed by atoms with van der Waals surface area (Å²) in [4.78, 5) is 21.5. The molecule has 1 aliphatic heterocycles. The van der Waals surface area contributed by atoms with Crippen molar-refractivity contribution in [1.29, 1.82) is 0 Å². The first kappa shape index (κ1) is 9.31. The van der Waals surface area contributed by atoms with Crippen molar-refractivity contribution >= 4 is 11.9 Å². The number of cyclic esters (lactones) is 1. The molecule has 0 saturated carbocycles. The molecule has 0 aromatic heterocycles. The highest BCUT2D eigenvalue weighted by Gasteiger charge is 2.21. The van der Waals surface area contributed by atoms with Crippen LogP contribution in [0.1, 0.15) is 0 Å². The quantitative estimate of drug-likeness (QED) is 0.451. The smallest absolute Gasteiger partial charge is 0.340 e. The van der Waals surface area contributed by atoms with E-state index in [2.05, 4.69) is 9.47 Å². The van der Waals surface area contributed by atoms with E-state index in [0.717, 1.165) is 12.2 Å². The predicted octanol–water partition coefficient (Wildman–Crippen LogP) is 0.130. The first-order valence-corrected chi connectivity index (χ1v) is 3.45. The fourth-order valence-electron chi connectivity index (χ4n) is 0.792. The molecule has 1 aliphatic rings. The Morgan fingerprint density at radius 2 is 2.23 bits per heavy atom. The minimum Gasteiger partial charge on any atom is -0.493 e. The lowest BCUT2D eigenvalue weighted by molar-refractivity contribution is -0.135. The van der Waals surface area contributed by atoms with Crippen molar-refractivity contribution in [1.82, 2.24) is 0 Å². The molecule has 0 amide bonds. The van der Waals surface area contributed by atoms with E-state index in [-0.39, 0.29) is 11.5 Å². The number of hydrogen-bond donors (Lipinski definition) is 0. The van der Waals surface area contributed by atoms with Crippen LogP contribution in [0.2, 0.25) is 0 Å². The molecule has 1 heterocycles. The lowest BCUT2D eigenvalue weighted by Gasteiger charge is -2.00. The van der Waals surface area contributed by atoms with E-state index >= 15 is 0 Å². The van der Waals surface area contributed by atoms with Gasteiger partial charge in [0.1, 0.15) is 0 Å². The molecule has 1 rings (SSSR count). The average Bonchev–Trinajstić information content (AvgIpc) is 2.46. The molecule has 0 aliphatic carbocycles. The highest BCUT2D eigenvalue weighted by atomic mass is 16.6. The molecule has 0 atom stereocenters. The Labute approximate surface area is 74.6 Å². The Morgan fingerprint density at radius 3 is 2.77 bits per heavy atom. The van der Waals surface area contributed by atoms with Crippen LogP contribution in [0.15, 0.2) is 23.7 Å². The van der Waals surface area contributed by atoms with Crippen molar-refractivity contribution in [2.24, 2.45) is 0 Å². The summed E-state index contributed by atoms with van der Waals surface area (Å²) in [6.07, 6.45) is 2.19. The normalized spacial score (nSPS) is 18.2. The second-order valence-corrected chi connectivity index (χ2v) is 2.17. The van der Waals surface area contributed by atoms with Crippen molar-refractivity contribution in [3.05, 3.63) is 23.7 Å². The van der Waals surface area contributed by atoms with E-state index in [4.69, 9.17) is 4.74 Å². The molecule has 5 heteroatoms. The van der Waals surface area contributed by atoms with E-state index in [1.54, 1.807) is 0 Å². The van der Waals surface area contributed by atoms with Crippen LogP contribution in [-0.2, 0) is 23.8 Å². The van der Waals surface area contributed by atoms with Gasteiger partial charge in [-0.25, -0.2) is 9.59 Å². The molecule has 0 fully saturated rings. The topological polar surface area (TPSA) is 61.8 Å². The van der Waals surface area contributed by atoms with Crippen LogP contribution in [0.5, 0.6) is 0 Å². The number of ether oxygens (including phenoxy) is 3. The van der Waals surface area contributed by atoms with Crippen molar-refractivity contribution in [3.8, 4) is 0 Å². The fraction of sp³-hybridized carbons (Fsp3) is 0.250. The summed E-state index contributed by atoms with van der Waals surface area (Å²) in [7, 11) is 2.60. The Balaban J connectivity index is 2.83. The van der Waals surface area contributed by atoms with Crippen LogP contribution < -0.4 is 0 Å². The summed E-state index contributed by atoms with van der Waals surface area (Å²) in [5.41, 5.74) is 0. The van der Waals surface area contributed by atoms with Crippen LogP contribution in [0.4, 0.5) is 0 Å². The van der Waals surface area contributed by atoms with Gasteiger partial charge < -0.3 is 14.2 Å². The SMILES string of the molecule is COC(=O)/C=C1\OC(=O)C=C1OC. The molecule has 0 saturated heterocycles. The summed E-state index contributed by atoms with van der Waals surface area (Å²) < 4.78 is 13.8. The molecule has 0 unspecified atom stereocenters. The van der Waals surface area contributed by atoms with E-state index in [1.807, 2.05) is 0 Å². The first-order chi connectivity index (χ1) is 6.17. The molecule has 0 bridgehead atoms. The molecular weight excluding hydrogens is 176 g/mol. The van der Waals surface area contributed by atoms with Gasteiger partial charge in [0.15, 0.2) is 11.5 Å². The van der Waals surface area contributed by atoms with E-state index in [0.29, 0.717) is 0 Å². The van der Waals surface area contributed by atoms with Crippen LogP contribution in [0.25, 0.3) is 0 Å². The number of carbonyl (C=O) groups excluding carboxylic acids is 2. The molecule has 5 nitrogen and oxygen atoms in total. The van der Waals surface area contributed by atoms with Gasteiger partial charge in [-0.1, -0.05) is 0 Å². The van der Waals surface area contributed by atoms with Gasteiger partial charge in [0.05, 0.1) is 26.4 Å². The lowest BCUT2D eigenvalue weighted by Crippen LogP contribution is -2.00. The summed E-state index contributed by atoms with van der Waals surface area (Å²) >= 11 is 0. The summed E-state index contributed by atoms with van der Waals surface area (Å²) in [5.74, 6) is -0.880. The largest absolute Gasteiger partial charge is 0.493 e.